The molecule has 2 amide bonds. The van der Waals surface area contributed by atoms with E-state index in [0.29, 0.717) is 0 Å². The predicted molar refractivity (Wildman–Crippen MR) is 37.3 cm³/mol. The van der Waals surface area contributed by atoms with E-state index in [1.807, 2.05) is 0 Å². The molecule has 0 unspecified atom stereocenters. The van der Waals surface area contributed by atoms with Crippen molar-refractivity contribution >= 4 is 32.8 Å². The molecular weight excluding hydrogens is 224 g/mol. The average molecular weight is 226 g/mol. The molecule has 0 rings (SSSR count). The van der Waals surface area contributed by atoms with Gasteiger partial charge in [0.15, 0.2) is 0 Å². The van der Waals surface area contributed by atoms with E-state index >= 15 is 0 Å². The number of rotatable bonds is 2. The van der Waals surface area contributed by atoms with Gasteiger partial charge in [0, 0.05) is 0 Å². The van der Waals surface area contributed by atoms with Crippen LogP contribution in [0.1, 0.15) is 6.42 Å². The van der Waals surface area contributed by atoms with Crippen LogP contribution in [0.5, 0.6) is 0 Å². The van der Waals surface area contributed by atoms with E-state index in [1.165, 1.54) is 0 Å². The van der Waals surface area contributed by atoms with Crippen LogP contribution in [0.2, 0.25) is 0 Å². The third-order valence-corrected chi connectivity index (χ3v) is 1.36. The summed E-state index contributed by atoms with van der Waals surface area (Å²) in [4.78, 5) is 20.8. The van der Waals surface area contributed by atoms with Crippen LogP contribution in [0.3, 0.4) is 0 Å². The highest BCUT2D eigenvalue weighted by Gasteiger charge is 2.07. The minimum Gasteiger partial charge on any atom is -0.271 e. The maximum Gasteiger partial charge on any atom is 0.319 e. The van der Waals surface area contributed by atoms with Crippen LogP contribution in [-0.4, -0.2) is 28.6 Å². The van der Waals surface area contributed by atoms with Gasteiger partial charge in [-0.15, -0.1) is 0 Å². The first kappa shape index (κ1) is 11.6. The Hall–Kier alpha value is -1.42. The minimum atomic E-state index is -2.95. The monoisotopic (exact) mass is 226 g/mol. The molecule has 10 heteroatoms. The van der Waals surface area contributed by atoms with Crippen molar-refractivity contribution in [3.63, 3.8) is 0 Å². The zero-order valence-corrected chi connectivity index (χ0v) is 7.50. The Morgan fingerprint density at radius 3 is 1.38 bits per heavy atom. The number of carbonyl (C=O) groups is 2. The Morgan fingerprint density at radius 2 is 1.15 bits per heavy atom. The summed E-state index contributed by atoms with van der Waals surface area (Å²) in [6.07, 6.45) is -0.984. The molecule has 0 aliphatic rings. The molecule has 0 bridgehead atoms. The van der Waals surface area contributed by atoms with Gasteiger partial charge in [-0.3, -0.25) is 9.59 Å². The molecule has 0 aliphatic carbocycles. The summed E-state index contributed by atoms with van der Waals surface area (Å²) in [6.45, 7) is 0. The summed E-state index contributed by atoms with van der Waals surface area (Å²) in [6, 6.07) is 0. The average Bonchev–Trinajstić information content (AvgIpc) is 1.80. The molecule has 0 N–H and O–H groups in total. The Labute approximate surface area is 75.0 Å². The lowest BCUT2D eigenvalue weighted by atomic mass is 10.4. The maximum absolute atomic E-state index is 10.4. The fourth-order valence-corrected chi connectivity index (χ4v) is 0.822. The number of hydrogen-bond donors (Lipinski definition) is 0. The van der Waals surface area contributed by atoms with Crippen LogP contribution in [-0.2, 0) is 30.6 Å². The lowest BCUT2D eigenvalue weighted by molar-refractivity contribution is -0.125. The molecule has 0 aromatic rings. The lowest BCUT2D eigenvalue weighted by Crippen LogP contribution is -2.01. The fourth-order valence-electron chi connectivity index (χ4n) is 0.360. The first-order valence-corrected chi connectivity index (χ1v) is 4.66. The molecule has 0 aliphatic heterocycles. The summed E-state index contributed by atoms with van der Waals surface area (Å²) in [5.41, 5.74) is 0. The summed E-state index contributed by atoms with van der Waals surface area (Å²) >= 11 is 0. The molecule has 72 valence electrons. The van der Waals surface area contributed by atoms with Crippen molar-refractivity contribution in [1.82, 2.24) is 0 Å². The number of carbonyl (C=O) groups excluding carboxylic acids is 2. The van der Waals surface area contributed by atoms with E-state index in [0.717, 1.165) is 0 Å². The van der Waals surface area contributed by atoms with Crippen molar-refractivity contribution in [2.24, 2.45) is 8.73 Å². The van der Waals surface area contributed by atoms with Crippen molar-refractivity contribution in [2.45, 2.75) is 6.42 Å². The van der Waals surface area contributed by atoms with Crippen LogP contribution in [0.25, 0.3) is 0 Å². The molecule has 0 aromatic carbocycles. The zero-order chi connectivity index (χ0) is 10.4. The van der Waals surface area contributed by atoms with Gasteiger partial charge >= 0.3 is 21.0 Å². The van der Waals surface area contributed by atoms with Crippen molar-refractivity contribution in [3.05, 3.63) is 0 Å². The predicted octanol–water partition coefficient (Wildman–Crippen LogP) is -1.44. The highest BCUT2D eigenvalue weighted by Crippen LogP contribution is 1.88. The molecule has 8 nitrogen and oxygen atoms in total. The van der Waals surface area contributed by atoms with E-state index in [2.05, 4.69) is 8.73 Å². The molecular formula is C3H2N2O6S2. The Kier molecular flexibility index (Phi) is 4.69. The second-order valence-electron chi connectivity index (χ2n) is 1.58. The molecule has 0 saturated carbocycles. The molecule has 0 saturated heterocycles. The Bertz CT molecular complexity index is 420. The van der Waals surface area contributed by atoms with Gasteiger partial charge in [0.1, 0.15) is 6.42 Å². The van der Waals surface area contributed by atoms with Crippen molar-refractivity contribution < 1.29 is 26.4 Å². The summed E-state index contributed by atoms with van der Waals surface area (Å²) in [5, 5.41) is 0. The number of amides is 2. The summed E-state index contributed by atoms with van der Waals surface area (Å²) in [7, 11) is -5.89. The van der Waals surface area contributed by atoms with Gasteiger partial charge in [0.05, 0.1) is 0 Å². The van der Waals surface area contributed by atoms with Crippen LogP contribution in [0.4, 0.5) is 0 Å². The molecule has 0 spiro atoms. The van der Waals surface area contributed by atoms with Gasteiger partial charge in [0.2, 0.25) is 0 Å². The Balaban J connectivity index is 4.50. The quantitative estimate of drug-likeness (QED) is 0.530. The minimum absolute atomic E-state index is 0.984. The largest absolute Gasteiger partial charge is 0.319 e. The molecule has 0 fully saturated rings. The molecule has 0 aromatic heterocycles. The second-order valence-corrected chi connectivity index (χ2v) is 2.81. The summed E-state index contributed by atoms with van der Waals surface area (Å²) < 4.78 is 43.9. The van der Waals surface area contributed by atoms with Crippen LogP contribution < -0.4 is 0 Å². The van der Waals surface area contributed by atoms with E-state index in [1.54, 1.807) is 0 Å². The van der Waals surface area contributed by atoms with Gasteiger partial charge in [-0.1, -0.05) is 8.73 Å². The zero-order valence-electron chi connectivity index (χ0n) is 5.87. The van der Waals surface area contributed by atoms with Gasteiger partial charge < -0.3 is 0 Å². The Morgan fingerprint density at radius 1 is 0.846 bits per heavy atom. The number of nitrogens with zero attached hydrogens (tertiary/aromatic N) is 2. The smallest absolute Gasteiger partial charge is 0.271 e. The SMILES string of the molecule is O=C(CC(=O)N=S(=O)=O)N=S(=O)=O. The topological polar surface area (TPSA) is 127 Å². The molecule has 13 heavy (non-hydrogen) atoms. The van der Waals surface area contributed by atoms with Crippen molar-refractivity contribution in [1.29, 1.82) is 0 Å². The van der Waals surface area contributed by atoms with Gasteiger partial charge in [-0.25, -0.2) is 0 Å². The highest BCUT2D eigenvalue weighted by atomic mass is 32.2. The van der Waals surface area contributed by atoms with Crippen LogP contribution in [0, 0.1) is 0 Å². The van der Waals surface area contributed by atoms with E-state index in [9.17, 15) is 26.4 Å². The molecule has 0 heterocycles. The third-order valence-electron chi connectivity index (χ3n) is 0.655. The fraction of sp³-hybridized carbons (Fsp3) is 0.333. The molecule has 0 atom stereocenters. The summed E-state index contributed by atoms with van der Waals surface area (Å²) in [5.74, 6) is -2.54. The first-order valence-electron chi connectivity index (χ1n) is 2.59. The van der Waals surface area contributed by atoms with Gasteiger partial charge in [-0.05, 0) is 0 Å². The lowest BCUT2D eigenvalue weighted by Gasteiger charge is -1.81. The van der Waals surface area contributed by atoms with E-state index in [4.69, 9.17) is 0 Å². The standard InChI is InChI=1S/C3H2N2O6S2/c6-2(4-12(8)9)1-3(7)5-13(10)11/h1H2. The highest BCUT2D eigenvalue weighted by molar-refractivity contribution is 7.62. The first-order chi connectivity index (χ1) is 5.91. The van der Waals surface area contributed by atoms with Crippen molar-refractivity contribution in [2.75, 3.05) is 0 Å². The second kappa shape index (κ2) is 5.27. The van der Waals surface area contributed by atoms with Crippen LogP contribution in [0.15, 0.2) is 8.73 Å². The van der Waals surface area contributed by atoms with Crippen molar-refractivity contribution in [3.8, 4) is 0 Å². The van der Waals surface area contributed by atoms with Crippen LogP contribution >= 0.6 is 0 Å². The van der Waals surface area contributed by atoms with Gasteiger partial charge in [-0.2, -0.15) is 16.8 Å². The molecule has 0 radical (unpaired) electrons. The van der Waals surface area contributed by atoms with E-state index < -0.39 is 39.2 Å². The third kappa shape index (κ3) is 6.96. The van der Waals surface area contributed by atoms with Gasteiger partial charge in [0.25, 0.3) is 11.8 Å². The van der Waals surface area contributed by atoms with E-state index in [-0.39, 0.29) is 0 Å². The normalized spacial score (nSPS) is 8.62. The number of hydrogen-bond acceptors (Lipinski definition) is 6. The maximum atomic E-state index is 10.4.